The first-order valence-corrected chi connectivity index (χ1v) is 9.43. The second kappa shape index (κ2) is 22.7. The van der Waals surface area contributed by atoms with Crippen molar-refractivity contribution in [1.82, 2.24) is 0 Å². The average molecular weight is 317 g/mol. The van der Waals surface area contributed by atoms with Gasteiger partial charge in [-0.1, -0.05) is 84.5 Å². The fourth-order valence-electron chi connectivity index (χ4n) is 2.17. The standard InChI is InChI=1S/C12H26O.C7H14O2/c1-2-3-4-5-6-7-8-9-10-11-12-13;1-3-4-5-6-9-7(2)8/h13H,2-12H2,1H3;3-6H2,1-2H3. The number of esters is 1. The third-order valence-corrected chi connectivity index (χ3v) is 3.56. The Hall–Kier alpha value is -0.570. The third-order valence-electron chi connectivity index (χ3n) is 3.56. The van der Waals surface area contributed by atoms with E-state index in [-0.39, 0.29) is 5.97 Å². The lowest BCUT2D eigenvalue weighted by Crippen LogP contribution is -1.99. The number of unbranched alkanes of at least 4 members (excludes halogenated alkanes) is 11. The summed E-state index contributed by atoms with van der Waals surface area (Å²) in [6, 6.07) is 0. The molecule has 0 heterocycles. The smallest absolute Gasteiger partial charge is 0.302 e. The summed E-state index contributed by atoms with van der Waals surface area (Å²) in [5.74, 6) is -0.175. The Morgan fingerprint density at radius 2 is 1.14 bits per heavy atom. The Labute approximate surface area is 138 Å². The molecule has 3 heteroatoms. The van der Waals surface area contributed by atoms with Crippen LogP contribution < -0.4 is 0 Å². The lowest BCUT2D eigenvalue weighted by molar-refractivity contribution is -0.141. The van der Waals surface area contributed by atoms with Gasteiger partial charge in [0.2, 0.25) is 0 Å². The van der Waals surface area contributed by atoms with Crippen molar-refractivity contribution in [1.29, 1.82) is 0 Å². The molecule has 0 atom stereocenters. The monoisotopic (exact) mass is 316 g/mol. The van der Waals surface area contributed by atoms with Crippen molar-refractivity contribution < 1.29 is 14.6 Å². The number of ether oxygens (including phenoxy) is 1. The Kier molecular flexibility index (Phi) is 24.5. The minimum atomic E-state index is -0.175. The van der Waals surface area contributed by atoms with Gasteiger partial charge in [-0.3, -0.25) is 4.79 Å². The van der Waals surface area contributed by atoms with E-state index in [1.54, 1.807) is 0 Å². The van der Waals surface area contributed by atoms with Gasteiger partial charge in [0.25, 0.3) is 0 Å². The van der Waals surface area contributed by atoms with Crippen LogP contribution in [0.4, 0.5) is 0 Å². The summed E-state index contributed by atoms with van der Waals surface area (Å²) in [7, 11) is 0. The molecule has 0 saturated heterocycles. The molecule has 0 aliphatic carbocycles. The van der Waals surface area contributed by atoms with Crippen molar-refractivity contribution in [2.24, 2.45) is 0 Å². The number of rotatable bonds is 14. The molecule has 1 N–H and O–H groups in total. The molecule has 3 nitrogen and oxygen atoms in total. The molecule has 0 spiro atoms. The van der Waals surface area contributed by atoms with Crippen molar-refractivity contribution in [3.05, 3.63) is 0 Å². The second-order valence-corrected chi connectivity index (χ2v) is 5.95. The molecule has 0 aromatic rings. The lowest BCUT2D eigenvalue weighted by Gasteiger charge is -2.00. The highest BCUT2D eigenvalue weighted by molar-refractivity contribution is 5.65. The summed E-state index contributed by atoms with van der Waals surface area (Å²) in [6.45, 7) is 6.77. The largest absolute Gasteiger partial charge is 0.466 e. The fourth-order valence-corrected chi connectivity index (χ4v) is 2.17. The Balaban J connectivity index is 0. The van der Waals surface area contributed by atoms with Gasteiger partial charge in [-0.05, 0) is 12.8 Å². The van der Waals surface area contributed by atoms with E-state index < -0.39 is 0 Å². The van der Waals surface area contributed by atoms with Gasteiger partial charge in [0.15, 0.2) is 0 Å². The SMILES string of the molecule is CCCCCCCCCCCCO.CCCCCOC(C)=O. The van der Waals surface area contributed by atoms with Gasteiger partial charge >= 0.3 is 5.97 Å². The molecule has 0 fully saturated rings. The topological polar surface area (TPSA) is 46.5 Å². The number of aliphatic hydroxyl groups excluding tert-OH is 1. The van der Waals surface area contributed by atoms with Crippen LogP contribution in [0, 0.1) is 0 Å². The normalized spacial score (nSPS) is 10.0. The van der Waals surface area contributed by atoms with Crippen molar-refractivity contribution in [2.75, 3.05) is 13.2 Å². The van der Waals surface area contributed by atoms with Crippen LogP contribution in [0.15, 0.2) is 0 Å². The quantitative estimate of drug-likeness (QED) is 0.333. The third kappa shape index (κ3) is 27.7. The van der Waals surface area contributed by atoms with Crippen LogP contribution in [-0.4, -0.2) is 24.3 Å². The molecule has 0 aliphatic heterocycles. The van der Waals surface area contributed by atoms with Gasteiger partial charge in [-0.15, -0.1) is 0 Å². The highest BCUT2D eigenvalue weighted by atomic mass is 16.5. The zero-order valence-electron chi connectivity index (χ0n) is 15.4. The van der Waals surface area contributed by atoms with Crippen molar-refractivity contribution in [2.45, 2.75) is 104 Å². The maximum Gasteiger partial charge on any atom is 0.302 e. The summed E-state index contributed by atoms with van der Waals surface area (Å²) in [5, 5.41) is 8.57. The summed E-state index contributed by atoms with van der Waals surface area (Å²) >= 11 is 0. The zero-order chi connectivity index (χ0) is 16.9. The predicted octanol–water partition coefficient (Wildman–Crippen LogP) is 5.64. The molecular formula is C19H40O3. The molecule has 0 aromatic carbocycles. The van der Waals surface area contributed by atoms with Gasteiger partial charge in [0.05, 0.1) is 6.61 Å². The van der Waals surface area contributed by atoms with E-state index in [0.29, 0.717) is 13.2 Å². The van der Waals surface area contributed by atoms with E-state index in [9.17, 15) is 4.79 Å². The first kappa shape index (κ1) is 23.7. The van der Waals surface area contributed by atoms with Crippen LogP contribution in [0.3, 0.4) is 0 Å². The summed E-state index contributed by atoms with van der Waals surface area (Å²) < 4.78 is 4.70. The molecule has 0 radical (unpaired) electrons. The molecule has 0 unspecified atom stereocenters. The van der Waals surface area contributed by atoms with E-state index in [1.165, 1.54) is 71.1 Å². The van der Waals surface area contributed by atoms with E-state index in [4.69, 9.17) is 9.84 Å². The second-order valence-electron chi connectivity index (χ2n) is 5.95. The Bertz CT molecular complexity index is 195. The molecule has 0 amide bonds. The Morgan fingerprint density at radius 3 is 1.55 bits per heavy atom. The van der Waals surface area contributed by atoms with E-state index in [1.807, 2.05) is 0 Å². The van der Waals surface area contributed by atoms with Crippen molar-refractivity contribution in [3.63, 3.8) is 0 Å². The number of hydrogen-bond acceptors (Lipinski definition) is 3. The number of carbonyl (C=O) groups is 1. The number of hydrogen-bond donors (Lipinski definition) is 1. The highest BCUT2D eigenvalue weighted by Gasteiger charge is 1.91. The summed E-state index contributed by atoms with van der Waals surface area (Å²) in [6.07, 6.45) is 16.6. The maximum atomic E-state index is 10.2. The predicted molar refractivity (Wildman–Crippen MR) is 95.1 cm³/mol. The first-order valence-electron chi connectivity index (χ1n) is 9.43. The first-order chi connectivity index (χ1) is 10.7. The van der Waals surface area contributed by atoms with Gasteiger partial charge < -0.3 is 9.84 Å². The van der Waals surface area contributed by atoms with Crippen LogP contribution in [0.1, 0.15) is 104 Å². The molecule has 0 bridgehead atoms. The minimum absolute atomic E-state index is 0.175. The van der Waals surface area contributed by atoms with Crippen molar-refractivity contribution >= 4 is 5.97 Å². The molecular weight excluding hydrogens is 276 g/mol. The molecule has 22 heavy (non-hydrogen) atoms. The van der Waals surface area contributed by atoms with Crippen LogP contribution in [0.25, 0.3) is 0 Å². The fraction of sp³-hybridized carbons (Fsp3) is 0.947. The Morgan fingerprint density at radius 1 is 0.727 bits per heavy atom. The van der Waals surface area contributed by atoms with E-state index in [0.717, 1.165) is 19.3 Å². The zero-order valence-corrected chi connectivity index (χ0v) is 15.4. The minimum Gasteiger partial charge on any atom is -0.466 e. The van der Waals surface area contributed by atoms with Crippen LogP contribution in [0.2, 0.25) is 0 Å². The van der Waals surface area contributed by atoms with Crippen molar-refractivity contribution in [3.8, 4) is 0 Å². The molecule has 134 valence electrons. The van der Waals surface area contributed by atoms with Gasteiger partial charge in [0, 0.05) is 13.5 Å². The molecule has 0 aliphatic rings. The van der Waals surface area contributed by atoms with E-state index >= 15 is 0 Å². The van der Waals surface area contributed by atoms with Crippen LogP contribution >= 0.6 is 0 Å². The van der Waals surface area contributed by atoms with Gasteiger partial charge in [-0.25, -0.2) is 0 Å². The lowest BCUT2D eigenvalue weighted by atomic mass is 10.1. The summed E-state index contributed by atoms with van der Waals surface area (Å²) in [4.78, 5) is 10.2. The molecule has 0 aromatic heterocycles. The molecule has 0 saturated carbocycles. The summed E-state index contributed by atoms with van der Waals surface area (Å²) in [5.41, 5.74) is 0. The van der Waals surface area contributed by atoms with Gasteiger partial charge in [0.1, 0.15) is 0 Å². The highest BCUT2D eigenvalue weighted by Crippen LogP contribution is 2.09. The molecule has 0 rings (SSSR count). The van der Waals surface area contributed by atoms with Gasteiger partial charge in [-0.2, -0.15) is 0 Å². The maximum absolute atomic E-state index is 10.2. The number of aliphatic hydroxyl groups is 1. The average Bonchev–Trinajstić information content (AvgIpc) is 2.50. The van der Waals surface area contributed by atoms with Crippen LogP contribution in [-0.2, 0) is 9.53 Å². The van der Waals surface area contributed by atoms with Crippen LogP contribution in [0.5, 0.6) is 0 Å². The number of carbonyl (C=O) groups excluding carboxylic acids is 1. The van der Waals surface area contributed by atoms with E-state index in [2.05, 4.69) is 13.8 Å².